The third-order valence-corrected chi connectivity index (χ3v) is 4.97. The molecule has 0 aliphatic rings. The van der Waals surface area contributed by atoms with E-state index in [9.17, 15) is 8.78 Å². The minimum Gasteiger partial charge on any atom is -0.354 e. The fourth-order valence-corrected chi connectivity index (χ4v) is 3.89. The number of fused-ring (bicyclic) bond motifs is 6. The standard InChI is InChI=1S/C21H17F2N3/c1-26(2)10-17-20-15(13-7-11(22)3-5-18(13)24-20)9-16-14-8-12(23)4-6-19(14)25-21(16)17/h3-9,24-25H,10H2,1-2H3. The van der Waals surface area contributed by atoms with Crippen LogP contribution >= 0.6 is 0 Å². The molecule has 3 nitrogen and oxygen atoms in total. The highest BCUT2D eigenvalue weighted by atomic mass is 19.1. The summed E-state index contributed by atoms with van der Waals surface area (Å²) in [6.45, 7) is 0.707. The Morgan fingerprint density at radius 1 is 0.731 bits per heavy atom. The molecular weight excluding hydrogens is 332 g/mol. The minimum atomic E-state index is -0.266. The predicted molar refractivity (Wildman–Crippen MR) is 102 cm³/mol. The molecule has 0 bridgehead atoms. The largest absolute Gasteiger partial charge is 0.354 e. The molecule has 5 rings (SSSR count). The van der Waals surface area contributed by atoms with Crippen molar-refractivity contribution in [3.63, 3.8) is 0 Å². The average molecular weight is 349 g/mol. The lowest BCUT2D eigenvalue weighted by Gasteiger charge is -2.12. The molecule has 26 heavy (non-hydrogen) atoms. The second-order valence-corrected chi connectivity index (χ2v) is 7.07. The van der Waals surface area contributed by atoms with Crippen molar-refractivity contribution in [2.45, 2.75) is 6.54 Å². The summed E-state index contributed by atoms with van der Waals surface area (Å²) < 4.78 is 27.7. The van der Waals surface area contributed by atoms with Gasteiger partial charge in [-0.15, -0.1) is 0 Å². The monoisotopic (exact) mass is 349 g/mol. The Morgan fingerprint density at radius 2 is 1.23 bits per heavy atom. The molecule has 2 heterocycles. The van der Waals surface area contributed by atoms with Gasteiger partial charge in [-0.05, 0) is 56.6 Å². The summed E-state index contributed by atoms with van der Waals surface area (Å²) in [7, 11) is 4.02. The van der Waals surface area contributed by atoms with E-state index in [1.165, 1.54) is 12.1 Å². The summed E-state index contributed by atoms with van der Waals surface area (Å²) in [6, 6.07) is 11.6. The second kappa shape index (κ2) is 5.29. The summed E-state index contributed by atoms with van der Waals surface area (Å²) >= 11 is 0. The van der Waals surface area contributed by atoms with Crippen LogP contribution < -0.4 is 0 Å². The molecule has 0 spiro atoms. The summed E-state index contributed by atoms with van der Waals surface area (Å²) in [5, 5.41) is 3.59. The SMILES string of the molecule is CN(C)Cc1c2[nH]c3ccc(F)cc3c2cc2c1[nH]c1ccc(F)cc12. The first-order chi connectivity index (χ1) is 12.5. The highest BCUT2D eigenvalue weighted by molar-refractivity contribution is 6.19. The molecule has 3 aromatic carbocycles. The van der Waals surface area contributed by atoms with E-state index in [0.29, 0.717) is 6.54 Å². The van der Waals surface area contributed by atoms with Gasteiger partial charge in [-0.2, -0.15) is 0 Å². The first-order valence-corrected chi connectivity index (χ1v) is 8.50. The van der Waals surface area contributed by atoms with E-state index >= 15 is 0 Å². The zero-order chi connectivity index (χ0) is 18.0. The highest BCUT2D eigenvalue weighted by Crippen LogP contribution is 2.37. The number of hydrogen-bond acceptors (Lipinski definition) is 1. The van der Waals surface area contributed by atoms with E-state index in [1.54, 1.807) is 24.3 Å². The number of aromatic amines is 2. The van der Waals surface area contributed by atoms with Crippen LogP contribution in [0, 0.1) is 11.6 Å². The topological polar surface area (TPSA) is 34.8 Å². The van der Waals surface area contributed by atoms with Gasteiger partial charge in [0.25, 0.3) is 0 Å². The summed E-state index contributed by atoms with van der Waals surface area (Å²) in [4.78, 5) is 8.97. The maximum Gasteiger partial charge on any atom is 0.123 e. The smallest absolute Gasteiger partial charge is 0.123 e. The fraction of sp³-hybridized carbons (Fsp3) is 0.143. The van der Waals surface area contributed by atoms with Crippen LogP contribution in [0.4, 0.5) is 8.78 Å². The zero-order valence-corrected chi connectivity index (χ0v) is 14.5. The van der Waals surface area contributed by atoms with Crippen LogP contribution in [0.3, 0.4) is 0 Å². The Morgan fingerprint density at radius 3 is 1.69 bits per heavy atom. The molecule has 2 aromatic heterocycles. The fourth-order valence-electron chi connectivity index (χ4n) is 3.89. The maximum atomic E-state index is 13.8. The van der Waals surface area contributed by atoms with Gasteiger partial charge >= 0.3 is 0 Å². The number of hydrogen-bond donors (Lipinski definition) is 2. The minimum absolute atomic E-state index is 0.266. The van der Waals surface area contributed by atoms with Gasteiger partial charge in [-0.25, -0.2) is 8.78 Å². The molecule has 5 aromatic rings. The zero-order valence-electron chi connectivity index (χ0n) is 14.5. The number of nitrogens with one attached hydrogen (secondary N) is 2. The lowest BCUT2D eigenvalue weighted by Crippen LogP contribution is -2.11. The first kappa shape index (κ1) is 15.3. The van der Waals surface area contributed by atoms with Gasteiger partial charge in [-0.3, -0.25) is 0 Å². The molecule has 130 valence electrons. The van der Waals surface area contributed by atoms with Crippen molar-refractivity contribution in [3.8, 4) is 0 Å². The molecule has 0 fully saturated rings. The first-order valence-electron chi connectivity index (χ1n) is 8.50. The van der Waals surface area contributed by atoms with E-state index in [1.807, 2.05) is 20.2 Å². The summed E-state index contributed by atoms with van der Waals surface area (Å²) in [5.41, 5.74) is 4.85. The molecule has 5 heteroatoms. The third kappa shape index (κ3) is 2.14. The molecule has 0 unspecified atom stereocenters. The number of rotatable bonds is 2. The van der Waals surface area contributed by atoms with Crippen LogP contribution in [0.2, 0.25) is 0 Å². The third-order valence-electron chi connectivity index (χ3n) is 4.97. The lowest BCUT2D eigenvalue weighted by molar-refractivity contribution is 0.405. The number of aromatic nitrogens is 2. The van der Waals surface area contributed by atoms with Gasteiger partial charge in [0, 0.05) is 44.7 Å². The van der Waals surface area contributed by atoms with Crippen LogP contribution in [0.15, 0.2) is 42.5 Å². The van der Waals surface area contributed by atoms with Crippen LogP contribution in [0.1, 0.15) is 5.56 Å². The summed E-state index contributed by atoms with van der Waals surface area (Å²) in [6.07, 6.45) is 0. The van der Waals surface area contributed by atoms with Crippen molar-refractivity contribution in [3.05, 3.63) is 59.7 Å². The molecule has 0 aliphatic carbocycles. The Labute approximate surface area is 148 Å². The van der Waals surface area contributed by atoms with Gasteiger partial charge in [0.15, 0.2) is 0 Å². The van der Waals surface area contributed by atoms with Crippen molar-refractivity contribution >= 4 is 43.6 Å². The van der Waals surface area contributed by atoms with Crippen molar-refractivity contribution < 1.29 is 8.78 Å². The Bertz CT molecular complexity index is 1220. The predicted octanol–water partition coefficient (Wildman–Crippen LogP) is 5.30. The number of H-pyrrole nitrogens is 2. The van der Waals surface area contributed by atoms with Gasteiger partial charge < -0.3 is 14.9 Å². The van der Waals surface area contributed by atoms with Crippen LogP contribution in [0.25, 0.3) is 43.6 Å². The molecule has 0 atom stereocenters. The van der Waals surface area contributed by atoms with Crippen LogP contribution in [0.5, 0.6) is 0 Å². The van der Waals surface area contributed by atoms with E-state index in [-0.39, 0.29) is 11.6 Å². The van der Waals surface area contributed by atoms with Crippen LogP contribution in [-0.2, 0) is 6.54 Å². The van der Waals surface area contributed by atoms with Gasteiger partial charge in [0.1, 0.15) is 11.6 Å². The van der Waals surface area contributed by atoms with Crippen LogP contribution in [-0.4, -0.2) is 29.0 Å². The van der Waals surface area contributed by atoms with Crippen molar-refractivity contribution in [1.29, 1.82) is 0 Å². The van der Waals surface area contributed by atoms with Crippen molar-refractivity contribution in [1.82, 2.24) is 14.9 Å². The lowest BCUT2D eigenvalue weighted by atomic mass is 10.0. The number of nitrogens with zero attached hydrogens (tertiary/aromatic N) is 1. The Kier molecular flexibility index (Phi) is 3.12. The van der Waals surface area contributed by atoms with E-state index in [4.69, 9.17) is 0 Å². The second-order valence-electron chi connectivity index (χ2n) is 7.07. The van der Waals surface area contributed by atoms with Gasteiger partial charge in [0.05, 0.1) is 11.0 Å². The Balaban J connectivity index is 2.01. The van der Waals surface area contributed by atoms with Crippen molar-refractivity contribution in [2.24, 2.45) is 0 Å². The molecule has 0 amide bonds. The molecular formula is C21H17F2N3. The maximum absolute atomic E-state index is 13.8. The summed E-state index contributed by atoms with van der Waals surface area (Å²) in [5.74, 6) is -0.532. The van der Waals surface area contributed by atoms with Gasteiger partial charge in [-0.1, -0.05) is 0 Å². The highest BCUT2D eigenvalue weighted by Gasteiger charge is 2.17. The molecule has 2 N–H and O–H groups in total. The molecule has 0 saturated heterocycles. The molecule has 0 aliphatic heterocycles. The quantitative estimate of drug-likeness (QED) is 0.446. The Hall–Kier alpha value is -2.92. The van der Waals surface area contributed by atoms with Gasteiger partial charge in [0.2, 0.25) is 0 Å². The van der Waals surface area contributed by atoms with E-state index in [0.717, 1.165) is 49.2 Å². The normalized spacial score (nSPS) is 12.3. The number of benzene rings is 3. The molecule has 0 radical (unpaired) electrons. The van der Waals surface area contributed by atoms with Crippen molar-refractivity contribution in [2.75, 3.05) is 14.1 Å². The number of halogens is 2. The average Bonchev–Trinajstić information content (AvgIpc) is 3.13. The van der Waals surface area contributed by atoms with E-state index in [2.05, 4.69) is 14.9 Å². The van der Waals surface area contributed by atoms with E-state index < -0.39 is 0 Å². The molecule has 0 saturated carbocycles.